The van der Waals surface area contributed by atoms with Crippen molar-refractivity contribution in [3.63, 3.8) is 0 Å². The highest BCUT2D eigenvalue weighted by Crippen LogP contribution is 2.12. The predicted molar refractivity (Wildman–Crippen MR) is 75.5 cm³/mol. The zero-order chi connectivity index (χ0) is 14.8. The first-order valence-corrected chi connectivity index (χ1v) is 6.48. The molecule has 0 radical (unpaired) electrons. The van der Waals surface area contributed by atoms with Crippen molar-refractivity contribution in [2.75, 3.05) is 0 Å². The molecule has 0 saturated carbocycles. The molecule has 0 bridgehead atoms. The van der Waals surface area contributed by atoms with Gasteiger partial charge in [0.1, 0.15) is 6.54 Å². The van der Waals surface area contributed by atoms with Crippen molar-refractivity contribution in [3.05, 3.63) is 46.8 Å². The van der Waals surface area contributed by atoms with Crippen LogP contribution in [0.25, 0.3) is 10.9 Å². The average Bonchev–Trinajstić information content (AvgIpc) is 3.06. The largest absolute Gasteiger partial charge is 0.345 e. The fourth-order valence-corrected chi connectivity index (χ4v) is 2.13. The second-order valence-corrected chi connectivity index (χ2v) is 4.71. The number of aromatic nitrogens is 5. The summed E-state index contributed by atoms with van der Waals surface area (Å²) in [5.74, 6) is 0.180. The number of nitrogens with zero attached hydrogens (tertiary/aromatic N) is 3. The Balaban J connectivity index is 1.70. The van der Waals surface area contributed by atoms with Crippen molar-refractivity contribution in [1.82, 2.24) is 30.3 Å². The van der Waals surface area contributed by atoms with Gasteiger partial charge in [-0.25, -0.2) is 9.89 Å². The number of para-hydroxylation sites is 1. The number of nitrogens with one attached hydrogen (secondary N) is 3. The zero-order valence-electron chi connectivity index (χ0n) is 11.3. The Bertz CT molecular complexity index is 830. The molecule has 1 atom stereocenters. The highest BCUT2D eigenvalue weighted by atomic mass is 16.2. The lowest BCUT2D eigenvalue weighted by Gasteiger charge is -2.11. The van der Waals surface area contributed by atoms with E-state index in [0.29, 0.717) is 5.82 Å². The van der Waals surface area contributed by atoms with E-state index in [-0.39, 0.29) is 12.5 Å². The monoisotopic (exact) mass is 286 g/mol. The number of hydrogen-bond acceptors (Lipinski definition) is 4. The maximum Gasteiger partial charge on any atom is 0.340 e. The summed E-state index contributed by atoms with van der Waals surface area (Å²) in [6.07, 6.45) is 1.72. The third-order valence-electron chi connectivity index (χ3n) is 3.15. The number of carbonyl (C=O) groups excluding carboxylic acids is 1. The lowest BCUT2D eigenvalue weighted by molar-refractivity contribution is -0.122. The second-order valence-electron chi connectivity index (χ2n) is 4.71. The van der Waals surface area contributed by atoms with E-state index >= 15 is 0 Å². The van der Waals surface area contributed by atoms with Crippen LogP contribution in [0, 0.1) is 0 Å². The number of carbonyl (C=O) groups is 1. The van der Waals surface area contributed by atoms with E-state index in [2.05, 4.69) is 25.6 Å². The van der Waals surface area contributed by atoms with Gasteiger partial charge in [0.2, 0.25) is 5.91 Å². The van der Waals surface area contributed by atoms with E-state index in [1.807, 2.05) is 24.3 Å². The smallest absolute Gasteiger partial charge is 0.340 e. The molecule has 0 aliphatic rings. The topological polar surface area (TPSA) is 108 Å². The first-order valence-electron chi connectivity index (χ1n) is 6.48. The molecule has 8 nitrogen and oxygen atoms in total. The predicted octanol–water partition coefficient (Wildman–Crippen LogP) is 0.325. The summed E-state index contributed by atoms with van der Waals surface area (Å²) in [7, 11) is 0. The third kappa shape index (κ3) is 2.69. The fraction of sp³-hybridized carbons (Fsp3) is 0.231. The minimum Gasteiger partial charge on any atom is -0.345 e. The molecule has 0 spiro atoms. The van der Waals surface area contributed by atoms with E-state index < -0.39 is 11.7 Å². The summed E-state index contributed by atoms with van der Waals surface area (Å²) in [4.78, 5) is 25.5. The lowest BCUT2D eigenvalue weighted by atomic mass is 10.2. The summed E-state index contributed by atoms with van der Waals surface area (Å²) in [5, 5.41) is 14.0. The van der Waals surface area contributed by atoms with Crippen LogP contribution < -0.4 is 11.0 Å². The summed E-state index contributed by atoms with van der Waals surface area (Å²) in [5.41, 5.74) is 0.498. The Kier molecular flexibility index (Phi) is 3.27. The molecular formula is C13H14N6O2. The fourth-order valence-electron chi connectivity index (χ4n) is 2.13. The molecule has 0 saturated heterocycles. The Morgan fingerprint density at radius 2 is 2.24 bits per heavy atom. The van der Waals surface area contributed by atoms with Crippen LogP contribution in [0.15, 0.2) is 35.3 Å². The molecule has 8 heteroatoms. The Labute approximate surface area is 119 Å². The normalized spacial score (nSPS) is 12.4. The van der Waals surface area contributed by atoms with Gasteiger partial charge in [0.25, 0.3) is 0 Å². The van der Waals surface area contributed by atoms with Gasteiger partial charge in [-0.3, -0.25) is 14.5 Å². The minimum atomic E-state index is -0.399. The maximum atomic E-state index is 12.0. The molecular weight excluding hydrogens is 272 g/mol. The Hall–Kier alpha value is -2.90. The molecule has 21 heavy (non-hydrogen) atoms. The summed E-state index contributed by atoms with van der Waals surface area (Å²) in [6.45, 7) is 1.84. The molecule has 0 unspecified atom stereocenters. The van der Waals surface area contributed by atoms with Crippen LogP contribution in [0.3, 0.4) is 0 Å². The number of hydrogen-bond donors (Lipinski definition) is 3. The van der Waals surface area contributed by atoms with Crippen molar-refractivity contribution in [3.8, 4) is 0 Å². The van der Waals surface area contributed by atoms with Gasteiger partial charge in [0, 0.05) is 5.39 Å². The summed E-state index contributed by atoms with van der Waals surface area (Å²) < 4.78 is 1.63. The third-order valence-corrected chi connectivity index (χ3v) is 3.15. The van der Waals surface area contributed by atoms with Crippen molar-refractivity contribution in [1.29, 1.82) is 0 Å². The number of aromatic amines is 2. The number of benzene rings is 1. The van der Waals surface area contributed by atoms with Gasteiger partial charge in [-0.2, -0.15) is 10.2 Å². The van der Waals surface area contributed by atoms with Crippen LogP contribution in [-0.4, -0.2) is 30.9 Å². The van der Waals surface area contributed by atoms with E-state index in [1.165, 1.54) is 0 Å². The molecule has 3 N–H and O–H groups in total. The molecule has 0 fully saturated rings. The molecule has 3 rings (SSSR count). The van der Waals surface area contributed by atoms with Gasteiger partial charge < -0.3 is 5.32 Å². The Morgan fingerprint density at radius 1 is 1.43 bits per heavy atom. The van der Waals surface area contributed by atoms with Gasteiger partial charge in [-0.15, -0.1) is 0 Å². The van der Waals surface area contributed by atoms with E-state index in [4.69, 9.17) is 0 Å². The van der Waals surface area contributed by atoms with Gasteiger partial charge in [0.05, 0.1) is 17.8 Å². The summed E-state index contributed by atoms with van der Waals surface area (Å²) >= 11 is 0. The lowest BCUT2D eigenvalue weighted by Crippen LogP contribution is -2.31. The molecule has 1 aromatic carbocycles. The highest BCUT2D eigenvalue weighted by Gasteiger charge is 2.14. The molecule has 2 aromatic heterocycles. The number of rotatable bonds is 4. The van der Waals surface area contributed by atoms with Gasteiger partial charge >= 0.3 is 5.69 Å². The maximum absolute atomic E-state index is 12.0. The standard InChI is InChI=1S/C13H14N6O2/c1-8(12-16-13(21)18-17-12)15-11(20)7-19-10-5-3-2-4-9(10)6-14-19/h2-6,8H,7H2,1H3,(H,15,20)(H2,16,17,18,21)/t8-/m0/s1. The first-order chi connectivity index (χ1) is 10.1. The van der Waals surface area contributed by atoms with E-state index in [9.17, 15) is 9.59 Å². The van der Waals surface area contributed by atoms with Crippen LogP contribution in [0.4, 0.5) is 0 Å². The van der Waals surface area contributed by atoms with Gasteiger partial charge in [0.15, 0.2) is 5.82 Å². The van der Waals surface area contributed by atoms with Gasteiger partial charge in [-0.1, -0.05) is 18.2 Å². The van der Waals surface area contributed by atoms with Crippen LogP contribution >= 0.6 is 0 Å². The average molecular weight is 286 g/mol. The molecule has 1 amide bonds. The number of H-pyrrole nitrogens is 2. The van der Waals surface area contributed by atoms with Crippen LogP contribution in [0.1, 0.15) is 18.8 Å². The molecule has 2 heterocycles. The van der Waals surface area contributed by atoms with E-state index in [1.54, 1.807) is 17.8 Å². The van der Waals surface area contributed by atoms with Crippen molar-refractivity contribution < 1.29 is 4.79 Å². The van der Waals surface area contributed by atoms with Gasteiger partial charge in [-0.05, 0) is 13.0 Å². The molecule has 108 valence electrons. The molecule has 0 aliphatic carbocycles. The van der Waals surface area contributed by atoms with Crippen molar-refractivity contribution >= 4 is 16.8 Å². The van der Waals surface area contributed by atoms with E-state index in [0.717, 1.165) is 10.9 Å². The van der Waals surface area contributed by atoms with Crippen molar-refractivity contribution in [2.24, 2.45) is 0 Å². The highest BCUT2D eigenvalue weighted by molar-refractivity contribution is 5.82. The van der Waals surface area contributed by atoms with Crippen LogP contribution in [-0.2, 0) is 11.3 Å². The quantitative estimate of drug-likeness (QED) is 0.642. The first kappa shape index (κ1) is 13.1. The SMILES string of the molecule is C[C@H](NC(=O)Cn1ncc2ccccc21)c1n[nH]c(=O)[nH]1. The number of fused-ring (bicyclic) bond motifs is 1. The van der Waals surface area contributed by atoms with Crippen molar-refractivity contribution in [2.45, 2.75) is 19.5 Å². The second kappa shape index (κ2) is 5.23. The number of amides is 1. The minimum absolute atomic E-state index is 0.104. The zero-order valence-corrected chi connectivity index (χ0v) is 11.3. The van der Waals surface area contributed by atoms with Crippen LogP contribution in [0.5, 0.6) is 0 Å². The molecule has 3 aromatic rings. The molecule has 0 aliphatic heterocycles. The van der Waals surface area contributed by atoms with Crippen LogP contribution in [0.2, 0.25) is 0 Å². The summed E-state index contributed by atoms with van der Waals surface area (Å²) in [6, 6.07) is 7.27. The Morgan fingerprint density at radius 3 is 3.00 bits per heavy atom.